The Morgan fingerprint density at radius 3 is 2.63 bits per heavy atom. The smallest absolute Gasteiger partial charge is 0.122 e. The molecule has 0 amide bonds. The first-order valence-electron chi connectivity index (χ1n) is 7.46. The Hall–Kier alpha value is -1.02. The van der Waals surface area contributed by atoms with Gasteiger partial charge in [0.15, 0.2) is 0 Å². The van der Waals surface area contributed by atoms with Crippen LogP contribution >= 0.6 is 0 Å². The predicted octanol–water partition coefficient (Wildman–Crippen LogP) is 3.91. The minimum absolute atomic E-state index is 0.138. The molecule has 1 aromatic carbocycles. The Morgan fingerprint density at radius 1 is 1.26 bits per heavy atom. The molecule has 19 heavy (non-hydrogen) atoms. The zero-order valence-electron chi connectivity index (χ0n) is 12.4. The summed E-state index contributed by atoms with van der Waals surface area (Å²) in [5, 5.41) is 10.1. The van der Waals surface area contributed by atoms with Crippen LogP contribution < -0.4 is 4.74 Å². The van der Waals surface area contributed by atoms with Crippen molar-refractivity contribution in [3.8, 4) is 5.75 Å². The van der Waals surface area contributed by atoms with Crippen molar-refractivity contribution in [2.75, 3.05) is 7.11 Å². The van der Waals surface area contributed by atoms with E-state index < -0.39 is 0 Å². The van der Waals surface area contributed by atoms with Crippen molar-refractivity contribution in [1.82, 2.24) is 0 Å². The molecule has 1 N–H and O–H groups in total. The van der Waals surface area contributed by atoms with Gasteiger partial charge in [-0.1, -0.05) is 38.8 Å². The minimum Gasteiger partial charge on any atom is -0.496 e. The Balaban J connectivity index is 2.19. The Morgan fingerprint density at radius 2 is 2.00 bits per heavy atom. The van der Waals surface area contributed by atoms with Crippen LogP contribution in [0.4, 0.5) is 0 Å². The number of ether oxygens (including phenoxy) is 1. The van der Waals surface area contributed by atoms with Crippen LogP contribution in [0, 0.1) is 5.92 Å². The lowest BCUT2D eigenvalue weighted by Crippen LogP contribution is -2.26. The number of methoxy groups -OCH3 is 1. The summed E-state index contributed by atoms with van der Waals surface area (Å²) in [6.07, 6.45) is 5.30. The highest BCUT2D eigenvalue weighted by Gasteiger charge is 2.24. The summed E-state index contributed by atoms with van der Waals surface area (Å²) in [4.78, 5) is 0. The number of benzene rings is 1. The van der Waals surface area contributed by atoms with Gasteiger partial charge in [0, 0.05) is 0 Å². The molecule has 0 aromatic heterocycles. The molecule has 0 bridgehead atoms. The first-order chi connectivity index (χ1) is 9.11. The van der Waals surface area contributed by atoms with Crippen LogP contribution in [0.2, 0.25) is 0 Å². The van der Waals surface area contributed by atoms with E-state index in [9.17, 15) is 5.11 Å². The van der Waals surface area contributed by atoms with Gasteiger partial charge in [-0.05, 0) is 48.3 Å². The third kappa shape index (κ3) is 3.50. The molecular formula is C17H26O2. The van der Waals surface area contributed by atoms with Gasteiger partial charge in [-0.3, -0.25) is 0 Å². The van der Waals surface area contributed by atoms with Crippen molar-refractivity contribution >= 4 is 0 Å². The van der Waals surface area contributed by atoms with Crippen molar-refractivity contribution in [3.05, 3.63) is 29.3 Å². The van der Waals surface area contributed by atoms with Crippen LogP contribution in [-0.2, 0) is 6.42 Å². The summed E-state index contributed by atoms with van der Waals surface area (Å²) in [5.41, 5.74) is 2.60. The summed E-state index contributed by atoms with van der Waals surface area (Å²) in [6, 6.07) is 6.47. The lowest BCUT2D eigenvalue weighted by atomic mass is 9.82. The standard InChI is InChI=1S/C17H26O2/c1-12(2)13-8-9-17(19-3)15(10-13)11-14-6-4-5-7-16(14)18/h8-10,12,14,16,18H,4-7,11H2,1-3H3. The van der Waals surface area contributed by atoms with Gasteiger partial charge in [0.25, 0.3) is 0 Å². The number of rotatable bonds is 4. The lowest BCUT2D eigenvalue weighted by molar-refractivity contribution is 0.0697. The fourth-order valence-corrected chi connectivity index (χ4v) is 3.03. The zero-order valence-corrected chi connectivity index (χ0v) is 12.4. The second-order valence-electron chi connectivity index (χ2n) is 6.04. The van der Waals surface area contributed by atoms with E-state index in [2.05, 4.69) is 32.0 Å². The van der Waals surface area contributed by atoms with E-state index in [1.165, 1.54) is 24.0 Å². The molecule has 2 heteroatoms. The Kier molecular flexibility index (Phi) is 4.87. The highest BCUT2D eigenvalue weighted by atomic mass is 16.5. The lowest BCUT2D eigenvalue weighted by Gasteiger charge is -2.28. The van der Waals surface area contributed by atoms with Gasteiger partial charge in [-0.2, -0.15) is 0 Å². The predicted molar refractivity (Wildman–Crippen MR) is 78.8 cm³/mol. The van der Waals surface area contributed by atoms with Gasteiger partial charge < -0.3 is 9.84 Å². The van der Waals surface area contributed by atoms with Crippen LogP contribution in [0.15, 0.2) is 18.2 Å². The van der Waals surface area contributed by atoms with E-state index >= 15 is 0 Å². The molecule has 0 radical (unpaired) electrons. The van der Waals surface area contributed by atoms with Gasteiger partial charge in [0.05, 0.1) is 13.2 Å². The summed E-state index contributed by atoms with van der Waals surface area (Å²) in [7, 11) is 1.73. The number of hydrogen-bond acceptors (Lipinski definition) is 2. The first kappa shape index (κ1) is 14.4. The van der Waals surface area contributed by atoms with Crippen molar-refractivity contribution in [2.24, 2.45) is 5.92 Å². The molecule has 1 aliphatic carbocycles. The quantitative estimate of drug-likeness (QED) is 0.891. The SMILES string of the molecule is COc1ccc(C(C)C)cc1CC1CCCCC1O. The molecule has 1 aromatic rings. The normalized spacial score (nSPS) is 23.6. The second kappa shape index (κ2) is 6.42. The molecule has 0 saturated heterocycles. The molecule has 0 spiro atoms. The van der Waals surface area contributed by atoms with Crippen molar-refractivity contribution < 1.29 is 9.84 Å². The van der Waals surface area contributed by atoms with Crippen LogP contribution in [0.3, 0.4) is 0 Å². The summed E-state index contributed by atoms with van der Waals surface area (Å²) in [5.74, 6) is 1.88. The summed E-state index contributed by atoms with van der Waals surface area (Å²) >= 11 is 0. The summed E-state index contributed by atoms with van der Waals surface area (Å²) < 4.78 is 5.48. The van der Waals surface area contributed by atoms with Gasteiger partial charge in [-0.25, -0.2) is 0 Å². The van der Waals surface area contributed by atoms with E-state index in [1.807, 2.05) is 0 Å². The number of aliphatic hydroxyl groups is 1. The van der Waals surface area contributed by atoms with E-state index in [0.717, 1.165) is 25.0 Å². The molecule has 106 valence electrons. The van der Waals surface area contributed by atoms with Gasteiger partial charge in [0.1, 0.15) is 5.75 Å². The molecule has 0 aliphatic heterocycles. The van der Waals surface area contributed by atoms with Crippen molar-refractivity contribution in [2.45, 2.75) is 58.0 Å². The van der Waals surface area contributed by atoms with Crippen LogP contribution in [0.1, 0.15) is 56.6 Å². The van der Waals surface area contributed by atoms with E-state index in [0.29, 0.717) is 11.8 Å². The molecule has 2 atom stereocenters. The monoisotopic (exact) mass is 262 g/mol. The van der Waals surface area contributed by atoms with E-state index in [4.69, 9.17) is 4.74 Å². The Labute approximate surface area is 116 Å². The van der Waals surface area contributed by atoms with E-state index in [-0.39, 0.29) is 6.10 Å². The van der Waals surface area contributed by atoms with Gasteiger partial charge >= 0.3 is 0 Å². The second-order valence-corrected chi connectivity index (χ2v) is 6.04. The largest absolute Gasteiger partial charge is 0.496 e. The zero-order chi connectivity index (χ0) is 13.8. The van der Waals surface area contributed by atoms with E-state index in [1.54, 1.807) is 7.11 Å². The molecular weight excluding hydrogens is 236 g/mol. The maximum absolute atomic E-state index is 10.1. The fourth-order valence-electron chi connectivity index (χ4n) is 3.03. The van der Waals surface area contributed by atoms with Crippen LogP contribution in [0.25, 0.3) is 0 Å². The van der Waals surface area contributed by atoms with Crippen LogP contribution in [-0.4, -0.2) is 18.3 Å². The average molecular weight is 262 g/mol. The molecule has 0 heterocycles. The maximum Gasteiger partial charge on any atom is 0.122 e. The molecule has 2 nitrogen and oxygen atoms in total. The van der Waals surface area contributed by atoms with Crippen LogP contribution in [0.5, 0.6) is 5.75 Å². The minimum atomic E-state index is -0.138. The fraction of sp³-hybridized carbons (Fsp3) is 0.647. The average Bonchev–Trinajstić information content (AvgIpc) is 2.41. The number of aliphatic hydroxyl groups excluding tert-OH is 1. The maximum atomic E-state index is 10.1. The van der Waals surface area contributed by atoms with Crippen molar-refractivity contribution in [3.63, 3.8) is 0 Å². The molecule has 1 fully saturated rings. The molecule has 1 saturated carbocycles. The molecule has 2 unspecified atom stereocenters. The first-order valence-corrected chi connectivity index (χ1v) is 7.46. The highest BCUT2D eigenvalue weighted by molar-refractivity contribution is 5.38. The Bertz CT molecular complexity index is 412. The summed E-state index contributed by atoms with van der Waals surface area (Å²) in [6.45, 7) is 4.42. The van der Waals surface area contributed by atoms with Gasteiger partial charge in [-0.15, -0.1) is 0 Å². The third-order valence-electron chi connectivity index (χ3n) is 4.32. The molecule has 2 rings (SSSR count). The van der Waals surface area contributed by atoms with Crippen molar-refractivity contribution in [1.29, 1.82) is 0 Å². The van der Waals surface area contributed by atoms with Gasteiger partial charge in [0.2, 0.25) is 0 Å². The third-order valence-corrected chi connectivity index (χ3v) is 4.32. The topological polar surface area (TPSA) is 29.5 Å². The molecule has 1 aliphatic rings. The highest BCUT2D eigenvalue weighted by Crippen LogP contribution is 2.32. The number of hydrogen-bond donors (Lipinski definition) is 1.